The Kier molecular flexibility index (Phi) is 5.16. The van der Waals surface area contributed by atoms with Crippen LogP contribution in [0.15, 0.2) is 54.2 Å². The smallest absolute Gasteiger partial charge is 0.313 e. The highest BCUT2D eigenvalue weighted by Crippen LogP contribution is 2.29. The Morgan fingerprint density at radius 3 is 2.27 bits per heavy atom. The lowest BCUT2D eigenvalue weighted by Gasteiger charge is -2.21. The zero-order valence-corrected chi connectivity index (χ0v) is 17.1. The van der Waals surface area contributed by atoms with E-state index >= 15 is 0 Å². The fourth-order valence-electron chi connectivity index (χ4n) is 2.71. The van der Waals surface area contributed by atoms with Crippen molar-refractivity contribution in [1.82, 2.24) is 9.36 Å². The first kappa shape index (κ1) is 19.0. The van der Waals surface area contributed by atoms with Gasteiger partial charge in [-0.15, -0.1) is 0 Å². The van der Waals surface area contributed by atoms with Crippen molar-refractivity contribution in [1.29, 1.82) is 0 Å². The van der Waals surface area contributed by atoms with Crippen molar-refractivity contribution >= 4 is 33.7 Å². The fourth-order valence-corrected chi connectivity index (χ4v) is 4.22. The van der Waals surface area contributed by atoms with Gasteiger partial charge in [-0.25, -0.2) is 9.36 Å². The second-order valence-corrected chi connectivity index (χ2v) is 8.94. The van der Waals surface area contributed by atoms with Gasteiger partial charge in [0.05, 0.1) is 23.9 Å². The molecule has 1 aliphatic heterocycles. The predicted octanol–water partition coefficient (Wildman–Crippen LogP) is 2.90. The molecular weight excluding hydrogens is 420 g/mol. The van der Waals surface area contributed by atoms with E-state index in [0.29, 0.717) is 4.90 Å². The Morgan fingerprint density at radius 1 is 1.12 bits per heavy atom. The topological polar surface area (TPSA) is 70.3 Å². The second-order valence-electron chi connectivity index (χ2n) is 7.06. The number of fused-ring (bicyclic) bond motifs is 1. The lowest BCUT2D eigenvalue weighted by Crippen LogP contribution is -2.35. The Balaban J connectivity index is 1.95. The molecule has 1 aliphatic rings. The van der Waals surface area contributed by atoms with Crippen LogP contribution in [0.5, 0.6) is 0 Å². The SMILES string of the molecule is CC(C)(C)OC(=O)C1Cn2c(=O)c(Br)c(Sc3ccccc3)c(=O)n2C1. The highest BCUT2D eigenvalue weighted by molar-refractivity contribution is 9.10. The van der Waals surface area contributed by atoms with E-state index in [1.165, 1.54) is 21.1 Å². The third kappa shape index (κ3) is 3.81. The van der Waals surface area contributed by atoms with E-state index in [2.05, 4.69) is 15.9 Å². The van der Waals surface area contributed by atoms with Crippen LogP contribution in [-0.4, -0.2) is 20.9 Å². The minimum Gasteiger partial charge on any atom is -0.460 e. The van der Waals surface area contributed by atoms with Gasteiger partial charge in [0.25, 0.3) is 11.1 Å². The van der Waals surface area contributed by atoms with Crippen LogP contribution in [0.3, 0.4) is 0 Å². The molecular formula is C18H19BrN2O4S. The van der Waals surface area contributed by atoms with Crippen molar-refractivity contribution in [2.75, 3.05) is 0 Å². The summed E-state index contributed by atoms with van der Waals surface area (Å²) >= 11 is 4.50. The van der Waals surface area contributed by atoms with Gasteiger partial charge < -0.3 is 4.74 Å². The second kappa shape index (κ2) is 7.08. The first-order chi connectivity index (χ1) is 12.2. The summed E-state index contributed by atoms with van der Waals surface area (Å²) in [5, 5.41) is 0. The van der Waals surface area contributed by atoms with Gasteiger partial charge in [0, 0.05) is 4.90 Å². The summed E-state index contributed by atoms with van der Waals surface area (Å²) < 4.78 is 8.28. The van der Waals surface area contributed by atoms with E-state index in [1.54, 1.807) is 20.8 Å². The molecule has 0 bridgehead atoms. The van der Waals surface area contributed by atoms with Gasteiger partial charge >= 0.3 is 5.97 Å². The van der Waals surface area contributed by atoms with Crippen molar-refractivity contribution in [2.24, 2.45) is 5.92 Å². The normalized spacial score (nSPS) is 16.4. The van der Waals surface area contributed by atoms with Crippen molar-refractivity contribution in [2.45, 2.75) is 49.3 Å². The highest BCUT2D eigenvalue weighted by Gasteiger charge is 2.34. The van der Waals surface area contributed by atoms with Crippen molar-refractivity contribution < 1.29 is 9.53 Å². The maximum Gasteiger partial charge on any atom is 0.313 e. The average Bonchev–Trinajstić information content (AvgIpc) is 3.02. The van der Waals surface area contributed by atoms with E-state index in [-0.39, 0.29) is 28.7 Å². The maximum atomic E-state index is 12.9. The number of halogens is 1. The van der Waals surface area contributed by atoms with Crippen LogP contribution in [0.1, 0.15) is 20.8 Å². The molecule has 0 saturated heterocycles. The standard InChI is InChI=1S/C18H19BrN2O4S/c1-18(2,3)25-17(24)11-9-20-15(22)13(19)14(16(23)21(20)10-11)26-12-7-5-4-6-8-12/h4-8,11H,9-10H2,1-3H3. The van der Waals surface area contributed by atoms with E-state index < -0.39 is 17.5 Å². The lowest BCUT2D eigenvalue weighted by molar-refractivity contribution is -0.160. The van der Waals surface area contributed by atoms with Gasteiger partial charge in [0.15, 0.2) is 0 Å². The summed E-state index contributed by atoms with van der Waals surface area (Å²) in [6.45, 7) is 5.64. The molecule has 1 unspecified atom stereocenters. The number of carbonyl (C=O) groups excluding carboxylic acids is 1. The van der Waals surface area contributed by atoms with E-state index in [0.717, 1.165) is 4.90 Å². The van der Waals surface area contributed by atoms with Crippen LogP contribution in [-0.2, 0) is 22.6 Å². The van der Waals surface area contributed by atoms with Gasteiger partial charge in [-0.05, 0) is 48.8 Å². The van der Waals surface area contributed by atoms with Crippen LogP contribution in [0.25, 0.3) is 0 Å². The van der Waals surface area contributed by atoms with E-state index in [9.17, 15) is 14.4 Å². The number of aromatic nitrogens is 2. The predicted molar refractivity (Wildman–Crippen MR) is 103 cm³/mol. The van der Waals surface area contributed by atoms with Crippen LogP contribution in [0.4, 0.5) is 0 Å². The van der Waals surface area contributed by atoms with Crippen LogP contribution >= 0.6 is 27.7 Å². The Bertz CT molecular complexity index is 960. The molecule has 3 rings (SSSR count). The third-order valence-electron chi connectivity index (χ3n) is 3.83. The van der Waals surface area contributed by atoms with Gasteiger partial charge in [0.1, 0.15) is 10.1 Å². The summed E-state index contributed by atoms with van der Waals surface area (Å²) in [6.07, 6.45) is 0. The molecule has 1 aromatic heterocycles. The molecule has 0 spiro atoms. The molecule has 2 aromatic rings. The van der Waals surface area contributed by atoms with Crippen LogP contribution in [0, 0.1) is 5.92 Å². The Morgan fingerprint density at radius 2 is 1.69 bits per heavy atom. The summed E-state index contributed by atoms with van der Waals surface area (Å²) in [4.78, 5) is 39.1. The van der Waals surface area contributed by atoms with Crippen LogP contribution < -0.4 is 11.1 Å². The quantitative estimate of drug-likeness (QED) is 0.688. The molecule has 6 nitrogen and oxygen atoms in total. The highest BCUT2D eigenvalue weighted by atomic mass is 79.9. The molecule has 8 heteroatoms. The lowest BCUT2D eigenvalue weighted by atomic mass is 10.1. The first-order valence-electron chi connectivity index (χ1n) is 8.16. The monoisotopic (exact) mass is 438 g/mol. The van der Waals surface area contributed by atoms with Crippen molar-refractivity contribution in [3.05, 3.63) is 55.5 Å². The van der Waals surface area contributed by atoms with Gasteiger partial charge in [-0.3, -0.25) is 14.4 Å². The number of hydrogen-bond donors (Lipinski definition) is 0. The maximum absolute atomic E-state index is 12.9. The van der Waals surface area contributed by atoms with Gasteiger partial charge in [-0.2, -0.15) is 0 Å². The zero-order chi connectivity index (χ0) is 19.1. The fraction of sp³-hybridized carbons (Fsp3) is 0.389. The number of carbonyl (C=O) groups is 1. The number of esters is 1. The number of benzene rings is 1. The minimum atomic E-state index is -0.614. The largest absolute Gasteiger partial charge is 0.460 e. The molecule has 0 fully saturated rings. The molecule has 26 heavy (non-hydrogen) atoms. The van der Waals surface area contributed by atoms with E-state index in [1.807, 2.05) is 30.3 Å². The number of rotatable bonds is 3. The Hall–Kier alpha value is -1.80. The van der Waals surface area contributed by atoms with Gasteiger partial charge in [0.2, 0.25) is 0 Å². The minimum absolute atomic E-state index is 0.137. The molecule has 0 radical (unpaired) electrons. The van der Waals surface area contributed by atoms with E-state index in [4.69, 9.17) is 4.74 Å². The average molecular weight is 439 g/mol. The first-order valence-corrected chi connectivity index (χ1v) is 9.77. The summed E-state index contributed by atoms with van der Waals surface area (Å²) in [6, 6.07) is 9.36. The molecule has 2 heterocycles. The summed E-state index contributed by atoms with van der Waals surface area (Å²) in [5.74, 6) is -0.954. The van der Waals surface area contributed by atoms with Crippen LogP contribution in [0.2, 0.25) is 0 Å². The summed E-state index contributed by atoms with van der Waals surface area (Å²) in [7, 11) is 0. The number of hydrogen-bond acceptors (Lipinski definition) is 5. The molecule has 1 aromatic carbocycles. The third-order valence-corrected chi connectivity index (χ3v) is 5.92. The van der Waals surface area contributed by atoms with Crippen molar-refractivity contribution in [3.8, 4) is 0 Å². The molecule has 138 valence electrons. The number of nitrogens with zero attached hydrogens (tertiary/aromatic N) is 2. The molecule has 0 saturated carbocycles. The zero-order valence-electron chi connectivity index (χ0n) is 14.7. The molecule has 1 atom stereocenters. The van der Waals surface area contributed by atoms with Gasteiger partial charge in [-0.1, -0.05) is 30.0 Å². The molecule has 0 amide bonds. The number of ether oxygens (including phenoxy) is 1. The Labute approximate surface area is 163 Å². The molecule has 0 N–H and O–H groups in total. The summed E-state index contributed by atoms with van der Waals surface area (Å²) in [5.41, 5.74) is -1.23. The molecule has 0 aliphatic carbocycles. The van der Waals surface area contributed by atoms with Crippen molar-refractivity contribution in [3.63, 3.8) is 0 Å².